The van der Waals surface area contributed by atoms with Crippen LogP contribution in [-0.2, 0) is 6.54 Å². The molecule has 0 amide bonds. The Labute approximate surface area is 193 Å². The maximum absolute atomic E-state index is 4.70. The fourth-order valence-corrected chi connectivity index (χ4v) is 4.22. The fraction of sp³-hybridized carbons (Fsp3) is 0.320. The van der Waals surface area contributed by atoms with Gasteiger partial charge in [-0.05, 0) is 44.6 Å². The molecule has 8 nitrogen and oxygen atoms in total. The largest absolute Gasteiger partial charge is 0.348 e. The lowest BCUT2D eigenvalue weighted by atomic mass is 10.1. The van der Waals surface area contributed by atoms with Gasteiger partial charge in [-0.1, -0.05) is 12.1 Å². The summed E-state index contributed by atoms with van der Waals surface area (Å²) in [7, 11) is 2.17. The van der Waals surface area contributed by atoms with Gasteiger partial charge in [0.05, 0.1) is 17.1 Å². The van der Waals surface area contributed by atoms with E-state index in [4.69, 9.17) is 15.0 Å². The van der Waals surface area contributed by atoms with Crippen LogP contribution >= 0.6 is 0 Å². The molecule has 1 saturated heterocycles. The molecule has 0 N–H and O–H groups in total. The van der Waals surface area contributed by atoms with Crippen LogP contribution in [0.1, 0.15) is 13.3 Å². The van der Waals surface area contributed by atoms with Crippen LogP contribution in [0.4, 0.5) is 11.8 Å². The molecule has 5 rings (SSSR count). The summed E-state index contributed by atoms with van der Waals surface area (Å²) in [5.74, 6) is 1.41. The van der Waals surface area contributed by atoms with Crippen molar-refractivity contribution in [3.8, 4) is 11.1 Å². The molecule has 0 aliphatic carbocycles. The number of anilines is 1. The monoisotopic (exact) mass is 440 g/mol. The van der Waals surface area contributed by atoms with Gasteiger partial charge in [0.2, 0.25) is 5.95 Å². The first-order chi connectivity index (χ1) is 16.2. The number of aromatic nitrogens is 5. The first kappa shape index (κ1) is 21.2. The molecule has 0 unspecified atom stereocenters. The van der Waals surface area contributed by atoms with Crippen molar-refractivity contribution in [1.82, 2.24) is 29.4 Å². The molecule has 0 saturated carbocycles. The molecule has 0 bridgehead atoms. The van der Waals surface area contributed by atoms with E-state index in [-0.39, 0.29) is 0 Å². The summed E-state index contributed by atoms with van der Waals surface area (Å²) in [5.41, 5.74) is 3.20. The Kier molecular flexibility index (Phi) is 6.08. The summed E-state index contributed by atoms with van der Waals surface area (Å²) >= 11 is 0. The van der Waals surface area contributed by atoms with E-state index < -0.39 is 0 Å². The number of nitrogens with zero attached hydrogens (tertiary/aromatic N) is 8. The molecule has 168 valence electrons. The zero-order valence-electron chi connectivity index (χ0n) is 19.1. The van der Waals surface area contributed by atoms with Crippen LogP contribution in [0, 0.1) is 0 Å². The zero-order chi connectivity index (χ0) is 22.6. The Balaban J connectivity index is 1.50. The van der Waals surface area contributed by atoms with E-state index >= 15 is 0 Å². The highest BCUT2D eigenvalue weighted by molar-refractivity contribution is 5.84. The lowest BCUT2D eigenvalue weighted by Gasteiger charge is -2.20. The van der Waals surface area contributed by atoms with Gasteiger partial charge < -0.3 is 14.4 Å². The van der Waals surface area contributed by atoms with Gasteiger partial charge in [-0.3, -0.25) is 4.98 Å². The fourth-order valence-electron chi connectivity index (χ4n) is 4.22. The van der Waals surface area contributed by atoms with Crippen LogP contribution in [0.2, 0.25) is 0 Å². The van der Waals surface area contributed by atoms with Crippen LogP contribution in [0.3, 0.4) is 0 Å². The van der Waals surface area contributed by atoms with Crippen molar-refractivity contribution in [2.75, 3.05) is 38.1 Å². The molecule has 1 aliphatic heterocycles. The number of aryl methyl sites for hydroxylation is 1. The van der Waals surface area contributed by atoms with Crippen LogP contribution in [-0.4, -0.2) is 62.6 Å². The van der Waals surface area contributed by atoms with E-state index in [0.717, 1.165) is 72.5 Å². The van der Waals surface area contributed by atoms with E-state index in [1.165, 1.54) is 0 Å². The number of hydrogen-bond donors (Lipinski definition) is 0. The highest BCUT2D eigenvalue weighted by Gasteiger charge is 2.15. The van der Waals surface area contributed by atoms with Crippen molar-refractivity contribution >= 4 is 22.7 Å². The van der Waals surface area contributed by atoms with Gasteiger partial charge in [-0.25, -0.2) is 19.9 Å². The van der Waals surface area contributed by atoms with E-state index in [9.17, 15) is 0 Å². The summed E-state index contributed by atoms with van der Waals surface area (Å²) in [6.45, 7) is 7.12. The predicted molar refractivity (Wildman–Crippen MR) is 130 cm³/mol. The highest BCUT2D eigenvalue weighted by Crippen LogP contribution is 2.24. The Morgan fingerprint density at radius 3 is 2.58 bits per heavy atom. The first-order valence-corrected chi connectivity index (χ1v) is 11.4. The normalized spacial score (nSPS) is 15.7. The highest BCUT2D eigenvalue weighted by atomic mass is 15.3. The van der Waals surface area contributed by atoms with Gasteiger partial charge in [0.25, 0.3) is 0 Å². The SMILES string of the molecule is CCn1ccc(=Nc2cnccn2)c2ccc(-c3cnc(N4CCCN(C)CC4)nc3)cc21. The number of rotatable bonds is 4. The Morgan fingerprint density at radius 1 is 0.909 bits per heavy atom. The number of likely N-dealkylation sites (N-methyl/N-ethyl adjacent to an activating group) is 1. The molecule has 33 heavy (non-hydrogen) atoms. The van der Waals surface area contributed by atoms with E-state index in [2.05, 4.69) is 62.7 Å². The molecule has 1 fully saturated rings. The van der Waals surface area contributed by atoms with Crippen molar-refractivity contribution in [3.05, 3.63) is 66.8 Å². The minimum Gasteiger partial charge on any atom is -0.348 e. The van der Waals surface area contributed by atoms with Gasteiger partial charge >= 0.3 is 0 Å². The second-order valence-corrected chi connectivity index (χ2v) is 8.31. The number of fused-ring (bicyclic) bond motifs is 1. The summed E-state index contributed by atoms with van der Waals surface area (Å²) in [5, 5.41) is 1.94. The van der Waals surface area contributed by atoms with Crippen LogP contribution in [0.5, 0.6) is 0 Å². The second-order valence-electron chi connectivity index (χ2n) is 8.31. The average molecular weight is 441 g/mol. The van der Waals surface area contributed by atoms with E-state index in [1.54, 1.807) is 18.6 Å². The molecule has 3 aromatic heterocycles. The van der Waals surface area contributed by atoms with Crippen LogP contribution in [0.15, 0.2) is 66.4 Å². The smallest absolute Gasteiger partial charge is 0.225 e. The molecule has 8 heteroatoms. The van der Waals surface area contributed by atoms with Gasteiger partial charge in [-0.2, -0.15) is 0 Å². The molecule has 0 radical (unpaired) electrons. The maximum atomic E-state index is 4.70. The molecule has 4 heterocycles. The molecule has 0 atom stereocenters. The quantitative estimate of drug-likeness (QED) is 0.485. The average Bonchev–Trinajstić information content (AvgIpc) is 3.09. The van der Waals surface area contributed by atoms with Crippen molar-refractivity contribution in [3.63, 3.8) is 0 Å². The van der Waals surface area contributed by atoms with Crippen molar-refractivity contribution in [2.24, 2.45) is 4.99 Å². The van der Waals surface area contributed by atoms with Crippen molar-refractivity contribution in [2.45, 2.75) is 19.9 Å². The van der Waals surface area contributed by atoms with Crippen molar-refractivity contribution < 1.29 is 0 Å². The third-order valence-corrected chi connectivity index (χ3v) is 6.09. The predicted octanol–water partition coefficient (Wildman–Crippen LogP) is 3.28. The maximum Gasteiger partial charge on any atom is 0.225 e. The third kappa shape index (κ3) is 4.61. The summed E-state index contributed by atoms with van der Waals surface area (Å²) in [4.78, 5) is 27.1. The minimum atomic E-state index is 0.598. The van der Waals surface area contributed by atoms with E-state index in [0.29, 0.717) is 5.82 Å². The summed E-state index contributed by atoms with van der Waals surface area (Å²) < 4.78 is 2.22. The van der Waals surface area contributed by atoms with Gasteiger partial charge in [0.15, 0.2) is 5.82 Å². The Hall–Kier alpha value is -3.65. The molecular weight excluding hydrogens is 412 g/mol. The molecule has 4 aromatic rings. The Bertz CT molecular complexity index is 1300. The first-order valence-electron chi connectivity index (χ1n) is 11.4. The van der Waals surface area contributed by atoms with Crippen LogP contribution in [0.25, 0.3) is 22.0 Å². The number of hydrogen-bond acceptors (Lipinski definition) is 7. The van der Waals surface area contributed by atoms with Crippen LogP contribution < -0.4 is 10.3 Å². The summed E-state index contributed by atoms with van der Waals surface area (Å²) in [6, 6.07) is 8.44. The lowest BCUT2D eigenvalue weighted by Crippen LogP contribution is -2.30. The molecule has 0 spiro atoms. The minimum absolute atomic E-state index is 0.598. The standard InChI is InChI=1S/C25H28N8/c1-3-32-12-7-22(30-24-18-26-8-9-27-24)21-6-5-19(15-23(21)32)20-16-28-25(29-17-20)33-11-4-10-31(2)13-14-33/h5-9,12,15-18H,3-4,10-11,13-14H2,1-2H3. The topological polar surface area (TPSA) is 75.3 Å². The number of pyridine rings is 1. The lowest BCUT2D eigenvalue weighted by molar-refractivity contribution is 0.360. The zero-order valence-corrected chi connectivity index (χ0v) is 19.1. The van der Waals surface area contributed by atoms with Gasteiger partial charge in [-0.15, -0.1) is 0 Å². The molecular formula is C25H28N8. The van der Waals surface area contributed by atoms with Gasteiger partial charge in [0.1, 0.15) is 0 Å². The second kappa shape index (κ2) is 9.46. The Morgan fingerprint density at radius 2 is 1.79 bits per heavy atom. The van der Waals surface area contributed by atoms with Crippen molar-refractivity contribution in [1.29, 1.82) is 0 Å². The van der Waals surface area contributed by atoms with E-state index in [1.807, 2.05) is 18.5 Å². The number of benzene rings is 1. The molecule has 1 aliphatic rings. The third-order valence-electron chi connectivity index (χ3n) is 6.09. The summed E-state index contributed by atoms with van der Waals surface area (Å²) in [6.07, 6.45) is 12.0. The van der Waals surface area contributed by atoms with Gasteiger partial charge in [0, 0.05) is 68.1 Å². The molecule has 1 aromatic carbocycles.